The number of amides is 4. The number of carbonyl (C=O) groups excluding carboxylic acids is 2. The van der Waals surface area contributed by atoms with Crippen molar-refractivity contribution in [1.82, 2.24) is 26.2 Å². The van der Waals surface area contributed by atoms with Crippen molar-refractivity contribution in [1.29, 1.82) is 0 Å². The second-order valence-electron chi connectivity index (χ2n) is 14.1. The molecule has 0 saturated heterocycles. The van der Waals surface area contributed by atoms with Gasteiger partial charge in [-0.2, -0.15) is 0 Å². The van der Waals surface area contributed by atoms with Gasteiger partial charge in [-0.25, -0.2) is 9.59 Å². The first-order valence-electron chi connectivity index (χ1n) is 15.4. The summed E-state index contributed by atoms with van der Waals surface area (Å²) in [7, 11) is 0. The molecule has 8 heteroatoms. The van der Waals surface area contributed by atoms with Gasteiger partial charge in [0.2, 0.25) is 0 Å². The van der Waals surface area contributed by atoms with Crippen LogP contribution in [0.3, 0.4) is 0 Å². The lowest BCUT2D eigenvalue weighted by Crippen LogP contribution is -2.61. The number of hydrogen-bond acceptors (Lipinski definition) is 4. The standard InChI is InChI=1S/C29H50N6O2/c30-2-1-5-35(6-3-31-26(36)33-28-14-20-8-21(15-28)10-22(9-20)16-28)7-4-32-27(37)34-29-17-23-11-24(18-29)13-25(12-23)19-29/h20-25H,1-19,30H2,(H2,31,33,36)(H2,32,34,37). The average Bonchev–Trinajstić information content (AvgIpc) is 2.79. The van der Waals surface area contributed by atoms with Crippen molar-refractivity contribution in [2.75, 3.05) is 39.3 Å². The van der Waals surface area contributed by atoms with Crippen molar-refractivity contribution in [3.05, 3.63) is 0 Å². The molecule has 8 aliphatic carbocycles. The molecule has 4 amide bonds. The lowest BCUT2D eigenvalue weighted by Gasteiger charge is -2.56. The second kappa shape index (κ2) is 10.6. The van der Waals surface area contributed by atoms with Crippen LogP contribution in [0.1, 0.15) is 83.5 Å². The first-order valence-corrected chi connectivity index (χ1v) is 15.4. The molecule has 0 spiro atoms. The summed E-state index contributed by atoms with van der Waals surface area (Å²) in [6.45, 7) is 4.30. The minimum atomic E-state index is -0.00574. The van der Waals surface area contributed by atoms with Gasteiger partial charge in [-0.1, -0.05) is 0 Å². The quantitative estimate of drug-likeness (QED) is 0.292. The van der Waals surface area contributed by atoms with E-state index in [4.69, 9.17) is 5.73 Å². The predicted molar refractivity (Wildman–Crippen MR) is 145 cm³/mol. The van der Waals surface area contributed by atoms with Crippen LogP contribution in [0.5, 0.6) is 0 Å². The Bertz CT molecular complexity index is 712. The Balaban J connectivity index is 0.913. The Morgan fingerprint density at radius 3 is 1.30 bits per heavy atom. The van der Waals surface area contributed by atoms with Crippen LogP contribution in [0, 0.1) is 35.5 Å². The molecule has 8 saturated carbocycles. The molecule has 0 radical (unpaired) electrons. The van der Waals surface area contributed by atoms with Crippen molar-refractivity contribution in [3.63, 3.8) is 0 Å². The number of rotatable bonds is 11. The van der Waals surface area contributed by atoms with Gasteiger partial charge in [-0.15, -0.1) is 0 Å². The van der Waals surface area contributed by atoms with Gasteiger partial charge in [-0.05, 0) is 132 Å². The Kier molecular flexibility index (Phi) is 7.34. The SMILES string of the molecule is NCCCN(CCNC(=O)NC12CC3CC(CC(C3)C1)C2)CCNC(=O)NC12CC3CC(CC(C3)C1)C2. The van der Waals surface area contributed by atoms with E-state index in [0.717, 1.165) is 61.6 Å². The maximum absolute atomic E-state index is 12.8. The fourth-order valence-electron chi connectivity index (χ4n) is 10.4. The van der Waals surface area contributed by atoms with Gasteiger partial charge in [0.1, 0.15) is 0 Å². The van der Waals surface area contributed by atoms with Gasteiger partial charge in [0.25, 0.3) is 0 Å². The molecule has 6 N–H and O–H groups in total. The van der Waals surface area contributed by atoms with Crippen LogP contribution in [0.4, 0.5) is 9.59 Å². The highest BCUT2D eigenvalue weighted by Gasteiger charge is 2.52. The lowest BCUT2D eigenvalue weighted by atomic mass is 9.53. The summed E-state index contributed by atoms with van der Waals surface area (Å²) in [6.07, 6.45) is 16.2. The molecule has 37 heavy (non-hydrogen) atoms. The van der Waals surface area contributed by atoms with Gasteiger partial charge < -0.3 is 27.0 Å². The summed E-state index contributed by atoms with van der Waals surface area (Å²) in [5.74, 6) is 4.95. The van der Waals surface area contributed by atoms with E-state index in [1.165, 1.54) is 77.0 Å². The third kappa shape index (κ3) is 5.90. The number of nitrogens with zero attached hydrogens (tertiary/aromatic N) is 1. The molecule has 8 rings (SSSR count). The maximum Gasteiger partial charge on any atom is 0.315 e. The van der Waals surface area contributed by atoms with Crippen molar-refractivity contribution < 1.29 is 9.59 Å². The van der Waals surface area contributed by atoms with Gasteiger partial charge in [0.05, 0.1) is 0 Å². The van der Waals surface area contributed by atoms with E-state index < -0.39 is 0 Å². The summed E-state index contributed by atoms with van der Waals surface area (Å²) in [5.41, 5.74) is 5.87. The average molecular weight is 515 g/mol. The molecular weight excluding hydrogens is 464 g/mol. The molecule has 0 heterocycles. The summed E-state index contributed by atoms with van der Waals surface area (Å²) in [4.78, 5) is 27.9. The minimum absolute atomic E-state index is 0.00574. The number of nitrogens with one attached hydrogen (secondary N) is 4. The van der Waals surface area contributed by atoms with Crippen LogP contribution >= 0.6 is 0 Å². The highest BCUT2D eigenvalue weighted by molar-refractivity contribution is 5.75. The van der Waals surface area contributed by atoms with E-state index in [2.05, 4.69) is 26.2 Å². The Hall–Kier alpha value is -1.54. The number of carbonyl (C=O) groups is 2. The fraction of sp³-hybridized carbons (Fsp3) is 0.931. The van der Waals surface area contributed by atoms with Crippen molar-refractivity contribution in [3.8, 4) is 0 Å². The Morgan fingerprint density at radius 2 is 0.973 bits per heavy atom. The lowest BCUT2D eigenvalue weighted by molar-refractivity contribution is -0.0137. The third-order valence-electron chi connectivity index (χ3n) is 10.9. The Morgan fingerprint density at radius 1 is 0.622 bits per heavy atom. The predicted octanol–water partition coefficient (Wildman–Crippen LogP) is 3.17. The molecule has 0 atom stereocenters. The van der Waals surface area contributed by atoms with E-state index in [9.17, 15) is 9.59 Å². The van der Waals surface area contributed by atoms with Crippen molar-refractivity contribution >= 4 is 12.1 Å². The second-order valence-corrected chi connectivity index (χ2v) is 14.1. The molecular formula is C29H50N6O2. The van der Waals surface area contributed by atoms with Crippen LogP contribution in [-0.2, 0) is 0 Å². The summed E-state index contributed by atoms with van der Waals surface area (Å²) in [6, 6.07) is -0.0115. The monoisotopic (exact) mass is 514 g/mol. The number of hydrogen-bond donors (Lipinski definition) is 5. The molecule has 0 aromatic carbocycles. The third-order valence-corrected chi connectivity index (χ3v) is 10.9. The highest BCUT2D eigenvalue weighted by atomic mass is 16.2. The minimum Gasteiger partial charge on any atom is -0.337 e. The van der Waals surface area contributed by atoms with E-state index in [-0.39, 0.29) is 23.1 Å². The highest BCUT2D eigenvalue weighted by Crippen LogP contribution is 2.56. The van der Waals surface area contributed by atoms with Gasteiger partial charge in [-0.3, -0.25) is 4.90 Å². The van der Waals surface area contributed by atoms with Crippen LogP contribution in [0.25, 0.3) is 0 Å². The molecule has 0 aliphatic heterocycles. The molecule has 0 aromatic heterocycles. The van der Waals surface area contributed by atoms with E-state index in [0.29, 0.717) is 19.6 Å². The smallest absolute Gasteiger partial charge is 0.315 e. The normalized spacial score (nSPS) is 40.7. The summed E-state index contributed by atoms with van der Waals surface area (Å²) >= 11 is 0. The zero-order chi connectivity index (χ0) is 25.5. The van der Waals surface area contributed by atoms with Crippen LogP contribution in [0.2, 0.25) is 0 Å². The van der Waals surface area contributed by atoms with Gasteiger partial charge >= 0.3 is 12.1 Å². The topological polar surface area (TPSA) is 112 Å². The van der Waals surface area contributed by atoms with Crippen molar-refractivity contribution in [2.45, 2.75) is 94.5 Å². The van der Waals surface area contributed by atoms with Gasteiger partial charge in [0, 0.05) is 37.3 Å². The van der Waals surface area contributed by atoms with Gasteiger partial charge in [0.15, 0.2) is 0 Å². The number of urea groups is 2. The molecule has 8 nitrogen and oxygen atoms in total. The van der Waals surface area contributed by atoms with Crippen LogP contribution in [-0.4, -0.2) is 67.3 Å². The molecule has 0 aromatic rings. The van der Waals surface area contributed by atoms with Crippen LogP contribution < -0.4 is 27.0 Å². The first-order chi connectivity index (χ1) is 17.9. The zero-order valence-electron chi connectivity index (χ0n) is 22.7. The fourth-order valence-corrected chi connectivity index (χ4v) is 10.4. The summed E-state index contributed by atoms with van der Waals surface area (Å²) in [5, 5.41) is 13.1. The molecule has 0 unspecified atom stereocenters. The molecule has 208 valence electrons. The molecule has 8 fully saturated rings. The van der Waals surface area contributed by atoms with Crippen LogP contribution in [0.15, 0.2) is 0 Å². The molecule has 8 aliphatic rings. The van der Waals surface area contributed by atoms with E-state index >= 15 is 0 Å². The maximum atomic E-state index is 12.8. The Labute approximate surface area is 223 Å². The number of nitrogens with two attached hydrogens (primary N) is 1. The first kappa shape index (κ1) is 25.7. The molecule has 8 bridgehead atoms. The van der Waals surface area contributed by atoms with E-state index in [1.807, 2.05) is 0 Å². The largest absolute Gasteiger partial charge is 0.337 e. The van der Waals surface area contributed by atoms with Crippen molar-refractivity contribution in [2.24, 2.45) is 41.2 Å². The zero-order valence-corrected chi connectivity index (χ0v) is 22.7. The summed E-state index contributed by atoms with van der Waals surface area (Å²) < 4.78 is 0. The van der Waals surface area contributed by atoms with E-state index in [1.54, 1.807) is 0 Å².